The van der Waals surface area contributed by atoms with Crippen LogP contribution in [0.2, 0.25) is 0 Å². The SMILES string of the molecule is CC(C)c1cc(C(=O)N2CCCC(c3nccs3)C2)on1. The average molecular weight is 305 g/mol. The Labute approximate surface area is 128 Å². The molecule has 0 aromatic carbocycles. The van der Waals surface area contributed by atoms with Crippen molar-refractivity contribution in [3.05, 3.63) is 34.1 Å². The Morgan fingerprint density at radius 1 is 1.52 bits per heavy atom. The fourth-order valence-corrected chi connectivity index (χ4v) is 3.38. The molecule has 0 saturated carbocycles. The van der Waals surface area contributed by atoms with Crippen LogP contribution in [-0.4, -0.2) is 34.0 Å². The first-order valence-corrected chi connectivity index (χ1v) is 8.18. The van der Waals surface area contributed by atoms with E-state index in [1.54, 1.807) is 17.4 Å². The highest BCUT2D eigenvalue weighted by Crippen LogP contribution is 2.29. The molecule has 0 bridgehead atoms. The van der Waals surface area contributed by atoms with Crippen molar-refractivity contribution in [3.8, 4) is 0 Å². The van der Waals surface area contributed by atoms with Gasteiger partial charge in [0.1, 0.15) is 0 Å². The van der Waals surface area contributed by atoms with Crippen LogP contribution in [-0.2, 0) is 0 Å². The van der Waals surface area contributed by atoms with Crippen LogP contribution in [0.4, 0.5) is 0 Å². The van der Waals surface area contributed by atoms with Crippen LogP contribution in [0.15, 0.2) is 22.2 Å². The summed E-state index contributed by atoms with van der Waals surface area (Å²) in [5.74, 6) is 0.893. The summed E-state index contributed by atoms with van der Waals surface area (Å²) in [5, 5.41) is 7.07. The minimum Gasteiger partial charge on any atom is -0.351 e. The monoisotopic (exact) mass is 305 g/mol. The van der Waals surface area contributed by atoms with Gasteiger partial charge in [-0.2, -0.15) is 0 Å². The topological polar surface area (TPSA) is 59.2 Å². The van der Waals surface area contributed by atoms with Crippen molar-refractivity contribution in [1.82, 2.24) is 15.0 Å². The van der Waals surface area contributed by atoms with E-state index in [0.717, 1.165) is 30.1 Å². The third kappa shape index (κ3) is 3.00. The van der Waals surface area contributed by atoms with Gasteiger partial charge >= 0.3 is 0 Å². The second-order valence-corrected chi connectivity index (χ2v) is 6.66. The van der Waals surface area contributed by atoms with Crippen LogP contribution in [0.25, 0.3) is 0 Å². The number of hydrogen-bond donors (Lipinski definition) is 0. The van der Waals surface area contributed by atoms with Crippen LogP contribution >= 0.6 is 11.3 Å². The number of rotatable bonds is 3. The maximum Gasteiger partial charge on any atom is 0.292 e. The van der Waals surface area contributed by atoms with Gasteiger partial charge in [0.25, 0.3) is 5.91 Å². The van der Waals surface area contributed by atoms with Crippen molar-refractivity contribution < 1.29 is 9.32 Å². The van der Waals surface area contributed by atoms with Gasteiger partial charge in [0, 0.05) is 36.7 Å². The Hall–Kier alpha value is -1.69. The van der Waals surface area contributed by atoms with Crippen LogP contribution in [0, 0.1) is 0 Å². The van der Waals surface area contributed by atoms with E-state index in [4.69, 9.17) is 4.52 Å². The first-order valence-electron chi connectivity index (χ1n) is 7.30. The largest absolute Gasteiger partial charge is 0.351 e. The molecule has 5 nitrogen and oxygen atoms in total. The lowest BCUT2D eigenvalue weighted by molar-refractivity contribution is 0.0665. The molecule has 2 aromatic rings. The quantitative estimate of drug-likeness (QED) is 0.873. The smallest absolute Gasteiger partial charge is 0.292 e. The summed E-state index contributed by atoms with van der Waals surface area (Å²) >= 11 is 1.66. The summed E-state index contributed by atoms with van der Waals surface area (Å²) in [6.07, 6.45) is 3.91. The normalized spacial score (nSPS) is 19.2. The third-order valence-corrected chi connectivity index (χ3v) is 4.78. The van der Waals surface area contributed by atoms with Crippen LogP contribution in [0.1, 0.15) is 59.8 Å². The molecule has 0 N–H and O–H groups in total. The predicted octanol–water partition coefficient (Wildman–Crippen LogP) is 3.27. The zero-order chi connectivity index (χ0) is 14.8. The van der Waals surface area contributed by atoms with Crippen molar-refractivity contribution in [2.45, 2.75) is 38.5 Å². The average Bonchev–Trinajstić information content (AvgIpc) is 3.18. The molecule has 112 valence electrons. The van der Waals surface area contributed by atoms with Crippen molar-refractivity contribution >= 4 is 17.2 Å². The van der Waals surface area contributed by atoms with Gasteiger partial charge in [0.05, 0.1) is 10.7 Å². The molecule has 0 radical (unpaired) electrons. The molecule has 1 atom stereocenters. The van der Waals surface area contributed by atoms with Crippen LogP contribution in [0.3, 0.4) is 0 Å². The number of thiazole rings is 1. The molecule has 2 aromatic heterocycles. The van der Waals surface area contributed by atoms with E-state index < -0.39 is 0 Å². The second kappa shape index (κ2) is 5.97. The molecular formula is C15H19N3O2S. The Balaban J connectivity index is 1.71. The van der Waals surface area contributed by atoms with E-state index in [0.29, 0.717) is 18.2 Å². The van der Waals surface area contributed by atoms with Gasteiger partial charge < -0.3 is 9.42 Å². The van der Waals surface area contributed by atoms with Gasteiger partial charge in [-0.15, -0.1) is 11.3 Å². The number of nitrogens with zero attached hydrogens (tertiary/aromatic N) is 3. The molecule has 3 heterocycles. The zero-order valence-corrected chi connectivity index (χ0v) is 13.1. The number of carbonyl (C=O) groups is 1. The van der Waals surface area contributed by atoms with Gasteiger partial charge in [0.2, 0.25) is 5.76 Å². The highest BCUT2D eigenvalue weighted by Gasteiger charge is 2.28. The molecular weight excluding hydrogens is 286 g/mol. The Bertz CT molecular complexity index is 606. The van der Waals surface area contributed by atoms with E-state index in [-0.39, 0.29) is 11.8 Å². The number of piperidine rings is 1. The minimum absolute atomic E-state index is 0.0596. The molecule has 1 fully saturated rings. The van der Waals surface area contributed by atoms with Crippen LogP contribution < -0.4 is 0 Å². The van der Waals surface area contributed by atoms with Gasteiger partial charge in [-0.25, -0.2) is 4.98 Å². The standard InChI is InChI=1S/C15H19N3O2S/c1-10(2)12-8-13(20-17-12)15(19)18-6-3-4-11(9-18)14-16-5-7-21-14/h5,7-8,10-11H,3-4,6,9H2,1-2H3. The van der Waals surface area contributed by atoms with Crippen molar-refractivity contribution in [2.24, 2.45) is 0 Å². The number of likely N-dealkylation sites (tertiary alicyclic amines) is 1. The Morgan fingerprint density at radius 3 is 3.05 bits per heavy atom. The van der Waals surface area contributed by atoms with E-state index in [1.807, 2.05) is 30.3 Å². The Morgan fingerprint density at radius 2 is 2.38 bits per heavy atom. The molecule has 1 unspecified atom stereocenters. The molecule has 0 aliphatic carbocycles. The van der Waals surface area contributed by atoms with Crippen molar-refractivity contribution in [3.63, 3.8) is 0 Å². The number of aromatic nitrogens is 2. The summed E-state index contributed by atoms with van der Waals surface area (Å²) in [6, 6.07) is 1.76. The van der Waals surface area contributed by atoms with Gasteiger partial charge in [-0.1, -0.05) is 19.0 Å². The second-order valence-electron chi connectivity index (χ2n) is 5.73. The number of hydrogen-bond acceptors (Lipinski definition) is 5. The summed E-state index contributed by atoms with van der Waals surface area (Å²) < 4.78 is 5.21. The van der Waals surface area contributed by atoms with Crippen molar-refractivity contribution in [1.29, 1.82) is 0 Å². The van der Waals surface area contributed by atoms with E-state index in [1.165, 1.54) is 0 Å². The summed E-state index contributed by atoms with van der Waals surface area (Å²) in [7, 11) is 0. The third-order valence-electron chi connectivity index (χ3n) is 3.84. The minimum atomic E-state index is -0.0596. The summed E-state index contributed by atoms with van der Waals surface area (Å²) in [4.78, 5) is 18.8. The van der Waals surface area contributed by atoms with Gasteiger partial charge in [-0.3, -0.25) is 4.79 Å². The number of amides is 1. The fraction of sp³-hybridized carbons (Fsp3) is 0.533. The van der Waals surface area contributed by atoms with Gasteiger partial charge in [-0.05, 0) is 18.8 Å². The molecule has 3 rings (SSSR count). The molecule has 6 heteroatoms. The van der Waals surface area contributed by atoms with E-state index >= 15 is 0 Å². The Kier molecular flexibility index (Phi) is 4.05. The van der Waals surface area contributed by atoms with Gasteiger partial charge in [0.15, 0.2) is 0 Å². The first kappa shape index (κ1) is 14.3. The fourth-order valence-electron chi connectivity index (χ4n) is 2.62. The highest BCUT2D eigenvalue weighted by molar-refractivity contribution is 7.09. The highest BCUT2D eigenvalue weighted by atomic mass is 32.1. The molecule has 1 aliphatic heterocycles. The lowest BCUT2D eigenvalue weighted by atomic mass is 9.98. The molecule has 1 amide bonds. The zero-order valence-electron chi connectivity index (χ0n) is 12.3. The van der Waals surface area contributed by atoms with E-state index in [2.05, 4.69) is 10.1 Å². The molecule has 1 saturated heterocycles. The molecule has 1 aliphatic rings. The summed E-state index contributed by atoms with van der Waals surface area (Å²) in [6.45, 7) is 5.56. The lowest BCUT2D eigenvalue weighted by Crippen LogP contribution is -2.38. The molecule has 0 spiro atoms. The maximum absolute atomic E-state index is 12.5. The predicted molar refractivity (Wildman–Crippen MR) is 80.6 cm³/mol. The summed E-state index contributed by atoms with van der Waals surface area (Å²) in [5.41, 5.74) is 0.826. The maximum atomic E-state index is 12.5. The van der Waals surface area contributed by atoms with E-state index in [9.17, 15) is 4.79 Å². The van der Waals surface area contributed by atoms with Crippen LogP contribution in [0.5, 0.6) is 0 Å². The first-order chi connectivity index (χ1) is 10.1. The lowest BCUT2D eigenvalue weighted by Gasteiger charge is -2.31. The number of carbonyl (C=O) groups excluding carboxylic acids is 1. The molecule has 21 heavy (non-hydrogen) atoms. The van der Waals surface area contributed by atoms with Crippen molar-refractivity contribution in [2.75, 3.05) is 13.1 Å².